The first-order valence-electron chi connectivity index (χ1n) is 9.73. The Bertz CT molecular complexity index is 1420. The summed E-state index contributed by atoms with van der Waals surface area (Å²) in [5.41, 5.74) is 2.03. The van der Waals surface area contributed by atoms with Crippen LogP contribution >= 0.6 is 35.0 Å². The van der Waals surface area contributed by atoms with Crippen LogP contribution in [-0.2, 0) is 14.8 Å². The van der Waals surface area contributed by atoms with Crippen molar-refractivity contribution in [2.45, 2.75) is 10.1 Å². The Hall–Kier alpha value is -2.89. The molecule has 0 radical (unpaired) electrons. The average molecular weight is 534 g/mol. The van der Waals surface area contributed by atoms with Crippen LogP contribution in [0.15, 0.2) is 82.8 Å². The smallest absolute Gasteiger partial charge is 0.238 e. The van der Waals surface area contributed by atoms with E-state index in [4.69, 9.17) is 28.3 Å². The number of thioether (sulfide) groups is 1. The fourth-order valence-corrected chi connectivity index (χ4v) is 4.55. The summed E-state index contributed by atoms with van der Waals surface area (Å²) in [6, 6.07) is 20.0. The summed E-state index contributed by atoms with van der Waals surface area (Å²) in [5, 5.41) is 18.1. The van der Waals surface area contributed by atoms with Crippen molar-refractivity contribution in [2.75, 3.05) is 11.1 Å². The van der Waals surface area contributed by atoms with Gasteiger partial charge in [0.2, 0.25) is 15.9 Å². The zero-order valence-electron chi connectivity index (χ0n) is 17.4. The average Bonchev–Trinajstić information content (AvgIpc) is 3.22. The Balaban J connectivity index is 1.55. The van der Waals surface area contributed by atoms with E-state index in [0.717, 1.165) is 11.3 Å². The zero-order chi connectivity index (χ0) is 24.3. The Morgan fingerprint density at radius 1 is 0.912 bits per heavy atom. The number of hydrogen-bond acceptors (Lipinski definition) is 6. The summed E-state index contributed by atoms with van der Waals surface area (Å²) < 4.78 is 24.6. The van der Waals surface area contributed by atoms with Crippen molar-refractivity contribution >= 4 is 56.6 Å². The molecule has 0 bridgehead atoms. The highest BCUT2D eigenvalue weighted by Crippen LogP contribution is 2.29. The highest BCUT2D eigenvalue weighted by atomic mass is 35.5. The molecular formula is C22H17Cl2N5O3S2. The van der Waals surface area contributed by atoms with Gasteiger partial charge in [-0.15, -0.1) is 10.2 Å². The molecule has 0 unspecified atom stereocenters. The number of sulfonamides is 1. The number of nitrogens with one attached hydrogen (secondary N) is 1. The van der Waals surface area contributed by atoms with Crippen molar-refractivity contribution < 1.29 is 13.2 Å². The molecule has 4 rings (SSSR count). The number of amides is 1. The van der Waals surface area contributed by atoms with E-state index in [1.54, 1.807) is 24.3 Å². The van der Waals surface area contributed by atoms with Gasteiger partial charge in [0.15, 0.2) is 11.0 Å². The Labute approximate surface area is 210 Å². The minimum atomic E-state index is -3.80. The number of anilines is 1. The van der Waals surface area contributed by atoms with Gasteiger partial charge in [0.25, 0.3) is 0 Å². The SMILES string of the molecule is NS(=O)(=O)c1ccc(NC(=O)CSc2nnc(-c3ccc(Cl)cc3)n2-c2ccc(Cl)cc2)cc1. The monoisotopic (exact) mass is 533 g/mol. The summed E-state index contributed by atoms with van der Waals surface area (Å²) >= 11 is 13.3. The minimum absolute atomic E-state index is 0.0364. The summed E-state index contributed by atoms with van der Waals surface area (Å²) in [7, 11) is -3.80. The largest absolute Gasteiger partial charge is 0.325 e. The molecule has 0 spiro atoms. The third kappa shape index (κ3) is 5.78. The summed E-state index contributed by atoms with van der Waals surface area (Å²) in [6.45, 7) is 0. The molecule has 1 heterocycles. The lowest BCUT2D eigenvalue weighted by atomic mass is 10.2. The highest BCUT2D eigenvalue weighted by molar-refractivity contribution is 7.99. The molecule has 1 amide bonds. The number of carbonyl (C=O) groups is 1. The van der Waals surface area contributed by atoms with E-state index in [9.17, 15) is 13.2 Å². The van der Waals surface area contributed by atoms with E-state index >= 15 is 0 Å². The number of nitrogens with two attached hydrogens (primary N) is 1. The summed E-state index contributed by atoms with van der Waals surface area (Å²) in [6.07, 6.45) is 0. The van der Waals surface area contributed by atoms with Gasteiger partial charge < -0.3 is 5.32 Å². The molecular weight excluding hydrogens is 517 g/mol. The van der Waals surface area contributed by atoms with Crippen LogP contribution in [0.2, 0.25) is 10.0 Å². The van der Waals surface area contributed by atoms with E-state index in [2.05, 4.69) is 15.5 Å². The first-order valence-corrected chi connectivity index (χ1v) is 13.0. The molecule has 3 N–H and O–H groups in total. The molecule has 0 aliphatic carbocycles. The van der Waals surface area contributed by atoms with Crippen LogP contribution in [0, 0.1) is 0 Å². The van der Waals surface area contributed by atoms with E-state index in [0.29, 0.717) is 26.7 Å². The maximum absolute atomic E-state index is 12.5. The van der Waals surface area contributed by atoms with E-state index < -0.39 is 10.0 Å². The Kier molecular flexibility index (Phi) is 7.24. The minimum Gasteiger partial charge on any atom is -0.325 e. The van der Waals surface area contributed by atoms with Crippen molar-refractivity contribution in [3.8, 4) is 17.1 Å². The van der Waals surface area contributed by atoms with Gasteiger partial charge in [0, 0.05) is 27.0 Å². The number of aromatic nitrogens is 3. The number of hydrogen-bond donors (Lipinski definition) is 2. The number of primary sulfonamides is 1. The van der Waals surface area contributed by atoms with E-state index in [1.165, 1.54) is 36.0 Å². The number of rotatable bonds is 7. The molecule has 0 fully saturated rings. The standard InChI is InChI=1S/C22H17Cl2N5O3S2/c23-15-3-1-14(2-4-15)21-27-28-22(29(21)18-9-5-16(24)6-10-18)33-13-20(30)26-17-7-11-19(12-8-17)34(25,31)32/h1-12H,13H2,(H,26,30)(H2,25,31,32). The second kappa shape index (κ2) is 10.2. The molecule has 1 aromatic heterocycles. The maximum Gasteiger partial charge on any atom is 0.238 e. The van der Waals surface area contributed by atoms with Crippen LogP contribution in [0.3, 0.4) is 0 Å². The van der Waals surface area contributed by atoms with Gasteiger partial charge in [-0.2, -0.15) is 0 Å². The lowest BCUT2D eigenvalue weighted by Gasteiger charge is -2.11. The van der Waals surface area contributed by atoms with Crippen LogP contribution in [0.4, 0.5) is 5.69 Å². The molecule has 0 atom stereocenters. The maximum atomic E-state index is 12.5. The van der Waals surface area contributed by atoms with Gasteiger partial charge in [-0.1, -0.05) is 35.0 Å². The van der Waals surface area contributed by atoms with Gasteiger partial charge in [0.1, 0.15) is 0 Å². The number of benzene rings is 3. The third-order valence-electron chi connectivity index (χ3n) is 4.62. The molecule has 0 saturated carbocycles. The predicted octanol–water partition coefficient (Wildman–Crippen LogP) is 4.62. The lowest BCUT2D eigenvalue weighted by Crippen LogP contribution is -2.15. The predicted molar refractivity (Wildman–Crippen MR) is 134 cm³/mol. The normalized spacial score (nSPS) is 11.4. The third-order valence-corrected chi connectivity index (χ3v) is 6.98. The molecule has 0 aliphatic heterocycles. The molecule has 0 aliphatic rings. The Morgan fingerprint density at radius 2 is 1.50 bits per heavy atom. The number of carbonyl (C=O) groups excluding carboxylic acids is 1. The summed E-state index contributed by atoms with van der Waals surface area (Å²) in [4.78, 5) is 12.5. The van der Waals surface area contributed by atoms with Crippen molar-refractivity contribution in [3.05, 3.63) is 82.8 Å². The van der Waals surface area contributed by atoms with Gasteiger partial charge in [0.05, 0.1) is 10.6 Å². The molecule has 12 heteroatoms. The first kappa shape index (κ1) is 24.2. The number of halogens is 2. The lowest BCUT2D eigenvalue weighted by molar-refractivity contribution is -0.113. The quantitative estimate of drug-likeness (QED) is 0.334. The van der Waals surface area contributed by atoms with Gasteiger partial charge in [-0.3, -0.25) is 9.36 Å². The van der Waals surface area contributed by atoms with Crippen molar-refractivity contribution in [1.29, 1.82) is 0 Å². The van der Waals surface area contributed by atoms with Gasteiger partial charge in [-0.05, 0) is 72.8 Å². The molecule has 0 saturated heterocycles. The Morgan fingerprint density at radius 3 is 2.09 bits per heavy atom. The number of nitrogens with zero attached hydrogens (tertiary/aromatic N) is 3. The highest BCUT2D eigenvalue weighted by Gasteiger charge is 2.18. The van der Waals surface area contributed by atoms with Crippen LogP contribution in [-0.4, -0.2) is 34.8 Å². The van der Waals surface area contributed by atoms with E-state index in [1.807, 2.05) is 28.8 Å². The molecule has 174 valence electrons. The fraction of sp³-hybridized carbons (Fsp3) is 0.0455. The second-order valence-electron chi connectivity index (χ2n) is 7.03. The fourth-order valence-electron chi connectivity index (χ4n) is 3.03. The molecule has 34 heavy (non-hydrogen) atoms. The van der Waals surface area contributed by atoms with Gasteiger partial charge in [-0.25, -0.2) is 13.6 Å². The summed E-state index contributed by atoms with van der Waals surface area (Å²) in [5.74, 6) is 0.330. The molecule has 3 aromatic carbocycles. The molecule has 8 nitrogen and oxygen atoms in total. The van der Waals surface area contributed by atoms with Crippen LogP contribution in [0.25, 0.3) is 17.1 Å². The second-order valence-corrected chi connectivity index (χ2v) is 10.4. The first-order chi connectivity index (χ1) is 16.2. The van der Waals surface area contributed by atoms with Crippen molar-refractivity contribution in [1.82, 2.24) is 14.8 Å². The zero-order valence-corrected chi connectivity index (χ0v) is 20.5. The topological polar surface area (TPSA) is 120 Å². The van der Waals surface area contributed by atoms with Crippen LogP contribution in [0.5, 0.6) is 0 Å². The van der Waals surface area contributed by atoms with Crippen LogP contribution < -0.4 is 10.5 Å². The van der Waals surface area contributed by atoms with Gasteiger partial charge >= 0.3 is 0 Å². The van der Waals surface area contributed by atoms with Crippen molar-refractivity contribution in [3.63, 3.8) is 0 Å². The molecule has 4 aromatic rings. The van der Waals surface area contributed by atoms with Crippen LogP contribution in [0.1, 0.15) is 0 Å². The van der Waals surface area contributed by atoms with Crippen molar-refractivity contribution in [2.24, 2.45) is 5.14 Å². The van der Waals surface area contributed by atoms with E-state index in [-0.39, 0.29) is 16.6 Å².